The molecule has 0 aliphatic rings. The Morgan fingerprint density at radius 2 is 2.25 bits per heavy atom. The molecule has 1 rings (SSSR count). The number of amides is 1. The van der Waals surface area contributed by atoms with Gasteiger partial charge in [-0.05, 0) is 12.5 Å². The molecule has 0 spiro atoms. The molecule has 8 nitrogen and oxygen atoms in total. The van der Waals surface area contributed by atoms with E-state index in [1.807, 2.05) is 0 Å². The van der Waals surface area contributed by atoms with Crippen molar-refractivity contribution in [2.24, 2.45) is 0 Å². The van der Waals surface area contributed by atoms with Gasteiger partial charge in [-0.15, -0.1) is 0 Å². The van der Waals surface area contributed by atoms with Crippen molar-refractivity contribution in [1.82, 2.24) is 10.3 Å². The second-order valence-electron chi connectivity index (χ2n) is 3.91. The number of halogens is 1. The molecule has 0 aliphatic heterocycles. The van der Waals surface area contributed by atoms with Gasteiger partial charge in [0.25, 0.3) is 5.91 Å². The van der Waals surface area contributed by atoms with Gasteiger partial charge in [-0.3, -0.25) is 14.9 Å². The second-order valence-corrected chi connectivity index (χ2v) is 4.27. The molecule has 0 aliphatic carbocycles. The van der Waals surface area contributed by atoms with Crippen molar-refractivity contribution < 1.29 is 19.6 Å². The van der Waals surface area contributed by atoms with E-state index in [0.717, 1.165) is 12.3 Å². The van der Waals surface area contributed by atoms with Crippen molar-refractivity contribution in [3.63, 3.8) is 0 Å². The number of nitrogens with zero attached hydrogens (tertiary/aromatic N) is 2. The lowest BCUT2D eigenvalue weighted by Gasteiger charge is -2.13. The summed E-state index contributed by atoms with van der Waals surface area (Å²) >= 11 is 5.58. The summed E-state index contributed by atoms with van der Waals surface area (Å²) in [6.07, 6.45) is 1.89. The highest BCUT2D eigenvalue weighted by molar-refractivity contribution is 6.32. The summed E-state index contributed by atoms with van der Waals surface area (Å²) in [4.78, 5) is 36.5. The van der Waals surface area contributed by atoms with Gasteiger partial charge in [-0.1, -0.05) is 24.9 Å². The molecule has 0 saturated heterocycles. The average molecular weight is 302 g/mol. The van der Waals surface area contributed by atoms with Crippen LogP contribution in [0.15, 0.2) is 12.3 Å². The molecule has 0 radical (unpaired) electrons. The van der Waals surface area contributed by atoms with Crippen LogP contribution in [0.2, 0.25) is 5.15 Å². The van der Waals surface area contributed by atoms with Crippen molar-refractivity contribution in [2.45, 2.75) is 25.8 Å². The lowest BCUT2D eigenvalue weighted by Crippen LogP contribution is -2.40. The molecule has 0 bridgehead atoms. The fraction of sp³-hybridized carbons (Fsp3) is 0.364. The molecular weight excluding hydrogens is 290 g/mol. The number of nitro groups is 1. The third-order valence-electron chi connectivity index (χ3n) is 2.49. The summed E-state index contributed by atoms with van der Waals surface area (Å²) in [5, 5.41) is 21.6. The van der Waals surface area contributed by atoms with Crippen molar-refractivity contribution in [1.29, 1.82) is 0 Å². The lowest BCUT2D eigenvalue weighted by molar-refractivity contribution is -0.385. The second kappa shape index (κ2) is 6.80. The first-order chi connectivity index (χ1) is 9.38. The summed E-state index contributed by atoms with van der Waals surface area (Å²) in [5.74, 6) is -2.08. The van der Waals surface area contributed by atoms with Gasteiger partial charge in [0.2, 0.25) is 5.15 Å². The van der Waals surface area contributed by atoms with Gasteiger partial charge in [-0.25, -0.2) is 9.78 Å². The number of carboxylic acid groups (broad SMARTS) is 1. The minimum Gasteiger partial charge on any atom is -0.480 e. The van der Waals surface area contributed by atoms with Crippen LogP contribution in [0, 0.1) is 10.1 Å². The van der Waals surface area contributed by atoms with E-state index in [9.17, 15) is 19.7 Å². The maximum absolute atomic E-state index is 11.9. The predicted molar refractivity (Wildman–Crippen MR) is 69.7 cm³/mol. The van der Waals surface area contributed by atoms with Gasteiger partial charge >= 0.3 is 11.7 Å². The van der Waals surface area contributed by atoms with Crippen LogP contribution >= 0.6 is 11.6 Å². The summed E-state index contributed by atoms with van der Waals surface area (Å²) in [6, 6.07) is 0.00329. The van der Waals surface area contributed by atoms with Gasteiger partial charge in [0.15, 0.2) is 0 Å². The van der Waals surface area contributed by atoms with Crippen LogP contribution in [-0.4, -0.2) is 32.9 Å². The summed E-state index contributed by atoms with van der Waals surface area (Å²) in [7, 11) is 0. The van der Waals surface area contributed by atoms with E-state index in [-0.39, 0.29) is 12.0 Å². The zero-order chi connectivity index (χ0) is 15.3. The van der Waals surface area contributed by atoms with Gasteiger partial charge in [0.1, 0.15) is 11.6 Å². The Morgan fingerprint density at radius 1 is 1.60 bits per heavy atom. The maximum Gasteiger partial charge on any atom is 0.326 e. The fourth-order valence-electron chi connectivity index (χ4n) is 1.57. The summed E-state index contributed by atoms with van der Waals surface area (Å²) in [5.41, 5.74) is -0.968. The van der Waals surface area contributed by atoms with E-state index in [4.69, 9.17) is 16.7 Å². The normalized spacial score (nSPS) is 11.7. The smallest absolute Gasteiger partial charge is 0.326 e. The molecule has 1 unspecified atom stereocenters. The Kier molecular flexibility index (Phi) is 5.39. The van der Waals surface area contributed by atoms with Gasteiger partial charge in [0, 0.05) is 6.20 Å². The third-order valence-corrected chi connectivity index (χ3v) is 2.76. The molecule has 1 heterocycles. The molecule has 1 aromatic heterocycles. The van der Waals surface area contributed by atoms with Crippen LogP contribution in [0.3, 0.4) is 0 Å². The molecule has 1 aromatic rings. The molecule has 0 fully saturated rings. The van der Waals surface area contributed by atoms with Crippen molar-refractivity contribution in [3.8, 4) is 0 Å². The van der Waals surface area contributed by atoms with Gasteiger partial charge < -0.3 is 10.4 Å². The number of carbonyl (C=O) groups is 2. The minimum absolute atomic E-state index is 0.216. The monoisotopic (exact) mass is 301 g/mol. The molecule has 108 valence electrons. The number of hydrogen-bond acceptors (Lipinski definition) is 5. The van der Waals surface area contributed by atoms with Crippen LogP contribution in [0.25, 0.3) is 0 Å². The molecule has 0 aromatic carbocycles. The van der Waals surface area contributed by atoms with E-state index >= 15 is 0 Å². The van der Waals surface area contributed by atoms with E-state index in [1.165, 1.54) is 0 Å². The fourth-order valence-corrected chi connectivity index (χ4v) is 1.79. The van der Waals surface area contributed by atoms with Crippen molar-refractivity contribution in [2.75, 3.05) is 0 Å². The number of carbonyl (C=O) groups excluding carboxylic acids is 1. The minimum atomic E-state index is -1.21. The first-order valence-corrected chi connectivity index (χ1v) is 6.08. The van der Waals surface area contributed by atoms with E-state index in [1.54, 1.807) is 6.92 Å². The molecule has 9 heteroatoms. The molecule has 20 heavy (non-hydrogen) atoms. The zero-order valence-electron chi connectivity index (χ0n) is 10.5. The number of nitrogens with one attached hydrogen (secondary N) is 1. The Bertz CT molecular complexity index is 549. The van der Waals surface area contributed by atoms with Gasteiger partial charge in [-0.2, -0.15) is 0 Å². The number of pyridine rings is 1. The lowest BCUT2D eigenvalue weighted by atomic mass is 10.1. The van der Waals surface area contributed by atoms with Crippen LogP contribution in [-0.2, 0) is 4.79 Å². The van der Waals surface area contributed by atoms with Crippen LogP contribution in [0.4, 0.5) is 5.69 Å². The molecule has 1 atom stereocenters. The first-order valence-electron chi connectivity index (χ1n) is 5.71. The van der Waals surface area contributed by atoms with Crippen molar-refractivity contribution in [3.05, 3.63) is 33.1 Å². The van der Waals surface area contributed by atoms with Crippen LogP contribution < -0.4 is 5.32 Å². The summed E-state index contributed by atoms with van der Waals surface area (Å²) < 4.78 is 0. The number of carboxylic acids is 1. The largest absolute Gasteiger partial charge is 0.480 e. The number of aromatic nitrogens is 1. The number of hydrogen-bond donors (Lipinski definition) is 2. The van der Waals surface area contributed by atoms with Gasteiger partial charge in [0.05, 0.1) is 4.92 Å². The Hall–Kier alpha value is -2.22. The third kappa shape index (κ3) is 3.64. The Labute approximate surface area is 118 Å². The van der Waals surface area contributed by atoms with E-state index in [2.05, 4.69) is 10.3 Å². The van der Waals surface area contributed by atoms with Crippen molar-refractivity contribution >= 4 is 29.2 Å². The highest BCUT2D eigenvalue weighted by Gasteiger charge is 2.27. The quantitative estimate of drug-likeness (QED) is 0.467. The maximum atomic E-state index is 11.9. The highest BCUT2D eigenvalue weighted by atomic mass is 35.5. The number of rotatable bonds is 6. The van der Waals surface area contributed by atoms with E-state index < -0.39 is 33.7 Å². The topological polar surface area (TPSA) is 122 Å². The highest BCUT2D eigenvalue weighted by Crippen LogP contribution is 2.25. The summed E-state index contributed by atoms with van der Waals surface area (Å²) in [6.45, 7) is 1.76. The molecule has 2 N–H and O–H groups in total. The van der Waals surface area contributed by atoms with Crippen LogP contribution in [0.1, 0.15) is 30.1 Å². The Morgan fingerprint density at radius 3 is 2.75 bits per heavy atom. The zero-order valence-corrected chi connectivity index (χ0v) is 11.3. The SMILES string of the molecule is CCCC(NC(=O)c1ccnc(Cl)c1[N+](=O)[O-])C(=O)O. The molecule has 1 amide bonds. The molecule has 0 saturated carbocycles. The van der Waals surface area contributed by atoms with Crippen LogP contribution in [0.5, 0.6) is 0 Å². The molecular formula is C11H12ClN3O5. The standard InChI is InChI=1S/C11H12ClN3O5/c1-2-3-7(11(17)18)14-10(16)6-4-5-13-9(12)8(6)15(19)20/h4-5,7H,2-3H2,1H3,(H,14,16)(H,17,18). The van der Waals surface area contributed by atoms with E-state index in [0.29, 0.717) is 6.42 Å². The predicted octanol–water partition coefficient (Wildman–Crippen LogP) is 1.63. The Balaban J connectivity index is 3.06. The first kappa shape index (κ1) is 15.8. The average Bonchev–Trinajstić information content (AvgIpc) is 2.37. The number of aliphatic carboxylic acids is 1.